The molecule has 0 saturated carbocycles. The first-order valence-electron chi connectivity index (χ1n) is 15.6. The number of nitrogens with two attached hydrogens (primary N) is 2. The zero-order valence-corrected chi connectivity index (χ0v) is 24.8. The van der Waals surface area contributed by atoms with Crippen LogP contribution >= 0.6 is 0 Å². The van der Waals surface area contributed by atoms with Crippen molar-refractivity contribution >= 4 is 11.4 Å². The van der Waals surface area contributed by atoms with Gasteiger partial charge in [0.15, 0.2) is 0 Å². The van der Waals surface area contributed by atoms with Gasteiger partial charge in [-0.3, -0.25) is 0 Å². The molecule has 0 unspecified atom stereocenters. The highest BCUT2D eigenvalue weighted by Crippen LogP contribution is 2.57. The molecule has 0 bridgehead atoms. The summed E-state index contributed by atoms with van der Waals surface area (Å²) >= 11 is 0. The third-order valence-corrected chi connectivity index (χ3v) is 8.60. The average molecular weight is 541 g/mol. The van der Waals surface area contributed by atoms with Gasteiger partial charge >= 0.3 is 0 Å². The molecule has 4 aromatic carbocycles. The number of unbranched alkanes of at least 4 members (excludes halogenated alkanes) is 7. The number of rotatable bonds is 11. The summed E-state index contributed by atoms with van der Waals surface area (Å²) in [6.45, 7) is 4.52. The SMILES string of the molecule is CCCCCCC#Cc1cccc2c1C(c1ccc(N)cc1)(c1ccc(N)cc1)c1cc(CCCCCC)ccc1-2. The van der Waals surface area contributed by atoms with E-state index in [0.29, 0.717) is 0 Å². The van der Waals surface area contributed by atoms with Crippen LogP contribution in [0.15, 0.2) is 84.9 Å². The van der Waals surface area contributed by atoms with Crippen molar-refractivity contribution in [2.45, 2.75) is 83.5 Å². The third kappa shape index (κ3) is 5.77. The maximum atomic E-state index is 6.23. The average Bonchev–Trinajstić information content (AvgIpc) is 3.29. The van der Waals surface area contributed by atoms with E-state index in [0.717, 1.165) is 36.2 Å². The maximum Gasteiger partial charge on any atom is 0.0725 e. The largest absolute Gasteiger partial charge is 0.399 e. The Hall–Kier alpha value is -3.96. The molecule has 2 nitrogen and oxygen atoms in total. The quantitative estimate of drug-likeness (QED) is 0.0995. The summed E-state index contributed by atoms with van der Waals surface area (Å²) in [6, 6.07) is 30.7. The summed E-state index contributed by atoms with van der Waals surface area (Å²) in [6.07, 6.45) is 11.9. The van der Waals surface area contributed by atoms with Crippen LogP contribution in [0.25, 0.3) is 11.1 Å². The summed E-state index contributed by atoms with van der Waals surface area (Å²) in [7, 11) is 0. The van der Waals surface area contributed by atoms with Crippen molar-refractivity contribution in [1.29, 1.82) is 0 Å². The van der Waals surface area contributed by atoms with Gasteiger partial charge in [-0.2, -0.15) is 0 Å². The van der Waals surface area contributed by atoms with E-state index in [1.807, 2.05) is 24.3 Å². The molecule has 210 valence electrons. The van der Waals surface area contributed by atoms with Crippen LogP contribution in [0, 0.1) is 11.8 Å². The van der Waals surface area contributed by atoms with Crippen LogP contribution < -0.4 is 11.5 Å². The summed E-state index contributed by atoms with van der Waals surface area (Å²) in [5.41, 5.74) is 23.5. The molecule has 0 fully saturated rings. The van der Waals surface area contributed by atoms with E-state index in [2.05, 4.69) is 86.4 Å². The summed E-state index contributed by atoms with van der Waals surface area (Å²) in [5, 5.41) is 0. The predicted octanol–water partition coefficient (Wildman–Crippen LogP) is 9.66. The van der Waals surface area contributed by atoms with Crippen LogP contribution in [-0.2, 0) is 11.8 Å². The van der Waals surface area contributed by atoms with E-state index in [1.54, 1.807) is 0 Å². The number of anilines is 2. The molecule has 2 heteroatoms. The second kappa shape index (κ2) is 13.1. The Labute approximate surface area is 247 Å². The smallest absolute Gasteiger partial charge is 0.0725 e. The predicted molar refractivity (Wildman–Crippen MR) is 176 cm³/mol. The van der Waals surface area contributed by atoms with Crippen LogP contribution in [0.3, 0.4) is 0 Å². The highest BCUT2D eigenvalue weighted by atomic mass is 14.6. The van der Waals surface area contributed by atoms with Gasteiger partial charge in [0.1, 0.15) is 0 Å². The molecule has 0 aliphatic heterocycles. The van der Waals surface area contributed by atoms with Crippen LogP contribution in [0.5, 0.6) is 0 Å². The first-order valence-corrected chi connectivity index (χ1v) is 15.6. The van der Waals surface area contributed by atoms with Crippen LogP contribution in [-0.4, -0.2) is 0 Å². The van der Waals surface area contributed by atoms with Gasteiger partial charge in [-0.05, 0) is 88.5 Å². The molecule has 5 rings (SSSR count). The number of aryl methyl sites for hydroxylation is 1. The fourth-order valence-electron chi connectivity index (χ4n) is 6.50. The number of nitrogen functional groups attached to an aromatic ring is 2. The maximum absolute atomic E-state index is 6.23. The highest BCUT2D eigenvalue weighted by Gasteiger charge is 2.47. The van der Waals surface area contributed by atoms with Gasteiger partial charge in [-0.1, -0.05) is 119 Å². The van der Waals surface area contributed by atoms with Crippen molar-refractivity contribution in [2.24, 2.45) is 0 Å². The van der Waals surface area contributed by atoms with Gasteiger partial charge in [-0.25, -0.2) is 0 Å². The van der Waals surface area contributed by atoms with Crippen molar-refractivity contribution in [3.05, 3.63) is 118 Å². The molecule has 0 atom stereocenters. The normalized spacial score (nSPS) is 12.8. The van der Waals surface area contributed by atoms with Crippen molar-refractivity contribution in [3.63, 3.8) is 0 Å². The first-order chi connectivity index (χ1) is 20.1. The Bertz CT molecular complexity index is 1470. The van der Waals surface area contributed by atoms with Crippen molar-refractivity contribution in [1.82, 2.24) is 0 Å². The summed E-state index contributed by atoms with van der Waals surface area (Å²) < 4.78 is 0. The fraction of sp³-hybridized carbons (Fsp3) is 0.333. The Morgan fingerprint density at radius 3 is 1.90 bits per heavy atom. The van der Waals surface area contributed by atoms with Crippen molar-refractivity contribution < 1.29 is 0 Å². The molecular formula is C39H44N2. The fourth-order valence-corrected chi connectivity index (χ4v) is 6.50. The van der Waals surface area contributed by atoms with Gasteiger partial charge in [-0.15, -0.1) is 0 Å². The zero-order valence-electron chi connectivity index (χ0n) is 24.8. The van der Waals surface area contributed by atoms with E-state index in [-0.39, 0.29) is 0 Å². The van der Waals surface area contributed by atoms with Gasteiger partial charge in [0.05, 0.1) is 5.41 Å². The van der Waals surface area contributed by atoms with E-state index < -0.39 is 5.41 Å². The minimum atomic E-state index is -0.515. The molecule has 0 aromatic heterocycles. The molecular weight excluding hydrogens is 496 g/mol. The van der Waals surface area contributed by atoms with E-state index in [4.69, 9.17) is 11.5 Å². The summed E-state index contributed by atoms with van der Waals surface area (Å²) in [5.74, 6) is 7.17. The van der Waals surface area contributed by atoms with Crippen LogP contribution in [0.2, 0.25) is 0 Å². The second-order valence-corrected chi connectivity index (χ2v) is 11.5. The minimum Gasteiger partial charge on any atom is -0.399 e. The first kappa shape index (κ1) is 28.6. The second-order valence-electron chi connectivity index (χ2n) is 11.5. The molecule has 0 heterocycles. The van der Waals surface area contributed by atoms with E-state index in [1.165, 1.54) is 83.9 Å². The lowest BCUT2D eigenvalue weighted by Crippen LogP contribution is -2.29. The van der Waals surface area contributed by atoms with Gasteiger partial charge in [0, 0.05) is 23.4 Å². The zero-order chi connectivity index (χ0) is 28.7. The third-order valence-electron chi connectivity index (χ3n) is 8.60. The monoisotopic (exact) mass is 540 g/mol. The Balaban J connectivity index is 1.73. The lowest BCUT2D eigenvalue weighted by molar-refractivity contribution is 0.666. The topological polar surface area (TPSA) is 52.0 Å². The Kier molecular flexibility index (Phi) is 9.15. The minimum absolute atomic E-state index is 0.515. The van der Waals surface area contributed by atoms with Crippen LogP contribution in [0.1, 0.15) is 105 Å². The molecule has 41 heavy (non-hydrogen) atoms. The van der Waals surface area contributed by atoms with Crippen LogP contribution in [0.4, 0.5) is 11.4 Å². The number of hydrogen-bond donors (Lipinski definition) is 2. The van der Waals surface area contributed by atoms with Gasteiger partial charge in [0.2, 0.25) is 0 Å². The lowest BCUT2D eigenvalue weighted by atomic mass is 9.66. The summed E-state index contributed by atoms with van der Waals surface area (Å²) in [4.78, 5) is 0. The molecule has 4 N–H and O–H groups in total. The molecule has 0 radical (unpaired) electrons. The lowest BCUT2D eigenvalue weighted by Gasteiger charge is -2.35. The van der Waals surface area contributed by atoms with Crippen molar-refractivity contribution in [2.75, 3.05) is 11.5 Å². The van der Waals surface area contributed by atoms with E-state index in [9.17, 15) is 0 Å². The molecule has 0 amide bonds. The Morgan fingerprint density at radius 1 is 0.634 bits per heavy atom. The van der Waals surface area contributed by atoms with Crippen molar-refractivity contribution in [3.8, 4) is 23.0 Å². The molecule has 0 saturated heterocycles. The number of fused-ring (bicyclic) bond motifs is 3. The number of hydrogen-bond acceptors (Lipinski definition) is 2. The van der Waals surface area contributed by atoms with Gasteiger partial charge < -0.3 is 11.5 Å². The molecule has 1 aliphatic carbocycles. The molecule has 0 spiro atoms. The standard InChI is InChI=1S/C39H44N2/c1-3-5-7-9-10-12-15-30-16-13-17-36-35-27-18-29(14-11-8-6-4-2)28-37(35)39(38(30)36,31-19-23-33(40)24-20-31)32-21-25-34(41)26-22-32/h13,16-28H,3-11,14,40-41H2,1-2H3. The number of benzene rings is 4. The molecule has 1 aliphatic rings. The Morgan fingerprint density at radius 2 is 1.27 bits per heavy atom. The van der Waals surface area contributed by atoms with E-state index >= 15 is 0 Å². The highest BCUT2D eigenvalue weighted by molar-refractivity contribution is 5.88. The van der Waals surface area contributed by atoms with Gasteiger partial charge in [0.25, 0.3) is 0 Å². The molecule has 4 aromatic rings.